The summed E-state index contributed by atoms with van der Waals surface area (Å²) >= 11 is 0. The van der Waals surface area contributed by atoms with Crippen LogP contribution in [-0.4, -0.2) is 22.1 Å². The monoisotopic (exact) mass is 258 g/mol. The van der Waals surface area contributed by atoms with Crippen molar-refractivity contribution in [3.63, 3.8) is 0 Å². The van der Waals surface area contributed by atoms with E-state index in [-0.39, 0.29) is 12.0 Å². The first-order valence-corrected chi connectivity index (χ1v) is 6.39. The Morgan fingerprint density at radius 1 is 1.42 bits per heavy atom. The van der Waals surface area contributed by atoms with Gasteiger partial charge >= 0.3 is 5.97 Å². The van der Waals surface area contributed by atoms with E-state index >= 15 is 0 Å². The van der Waals surface area contributed by atoms with E-state index in [1.54, 1.807) is 19.4 Å². The van der Waals surface area contributed by atoms with Crippen LogP contribution in [0, 0.1) is 6.92 Å². The first kappa shape index (κ1) is 13.3. The minimum absolute atomic E-state index is 0.136. The molecule has 2 aromatic rings. The highest BCUT2D eigenvalue weighted by Crippen LogP contribution is 2.21. The predicted octanol–water partition coefficient (Wildman–Crippen LogP) is 2.98. The lowest BCUT2D eigenvalue weighted by molar-refractivity contribution is 0.0520. The zero-order chi connectivity index (χ0) is 13.8. The Balaban J connectivity index is 2.23. The lowest BCUT2D eigenvalue weighted by Crippen LogP contribution is -2.07. The quantitative estimate of drug-likeness (QED) is 0.792. The van der Waals surface area contributed by atoms with Crippen molar-refractivity contribution in [3.8, 4) is 0 Å². The molecule has 1 atom stereocenters. The molecule has 0 aliphatic heterocycles. The van der Waals surface area contributed by atoms with E-state index in [2.05, 4.69) is 31.0 Å². The van der Waals surface area contributed by atoms with E-state index in [1.165, 1.54) is 11.1 Å². The molecule has 0 amide bonds. The van der Waals surface area contributed by atoms with E-state index in [0.717, 1.165) is 0 Å². The lowest BCUT2D eigenvalue weighted by Gasteiger charge is -2.15. The summed E-state index contributed by atoms with van der Waals surface area (Å²) in [5.74, 6) is -0.377. The normalized spacial score (nSPS) is 12.2. The van der Waals surface area contributed by atoms with Crippen molar-refractivity contribution in [2.75, 3.05) is 6.61 Å². The second-order valence-electron chi connectivity index (χ2n) is 4.46. The van der Waals surface area contributed by atoms with Crippen LogP contribution >= 0.6 is 0 Å². The number of esters is 1. The molecule has 100 valence electrons. The molecule has 0 saturated carbocycles. The Bertz CT molecular complexity index is 575. The first-order valence-electron chi connectivity index (χ1n) is 6.39. The van der Waals surface area contributed by atoms with Gasteiger partial charge in [0.1, 0.15) is 0 Å². The molecule has 1 heterocycles. The Hall–Kier alpha value is -2.10. The molecule has 4 nitrogen and oxygen atoms in total. The van der Waals surface area contributed by atoms with Crippen LogP contribution in [0.15, 0.2) is 36.8 Å². The fraction of sp³-hybridized carbons (Fsp3) is 0.333. The van der Waals surface area contributed by atoms with Gasteiger partial charge in [0, 0.05) is 6.20 Å². The average molecular weight is 258 g/mol. The van der Waals surface area contributed by atoms with Gasteiger partial charge in [-0.15, -0.1) is 0 Å². The number of benzene rings is 1. The summed E-state index contributed by atoms with van der Waals surface area (Å²) in [6.45, 7) is 6.30. The Labute approximate surface area is 113 Å². The van der Waals surface area contributed by atoms with E-state index in [1.807, 2.05) is 16.7 Å². The molecule has 0 aliphatic carbocycles. The summed E-state index contributed by atoms with van der Waals surface area (Å²) in [5.41, 5.74) is 2.79. The Morgan fingerprint density at radius 2 is 2.16 bits per heavy atom. The molecule has 0 spiro atoms. The maximum Gasteiger partial charge on any atom is 0.358 e. The van der Waals surface area contributed by atoms with Gasteiger partial charge in [-0.3, -0.25) is 0 Å². The minimum atomic E-state index is -0.377. The number of ether oxygens (including phenoxy) is 1. The summed E-state index contributed by atoms with van der Waals surface area (Å²) in [5, 5.41) is 0. The van der Waals surface area contributed by atoms with Gasteiger partial charge in [0.2, 0.25) is 0 Å². The maximum absolute atomic E-state index is 11.6. The highest BCUT2D eigenvalue weighted by atomic mass is 16.5. The lowest BCUT2D eigenvalue weighted by atomic mass is 10.0. The number of rotatable bonds is 4. The first-order chi connectivity index (χ1) is 9.13. The molecule has 19 heavy (non-hydrogen) atoms. The van der Waals surface area contributed by atoms with Crippen LogP contribution in [0.4, 0.5) is 0 Å². The number of carbonyl (C=O) groups excluding carboxylic acids is 1. The summed E-state index contributed by atoms with van der Waals surface area (Å²) in [6, 6.07) is 8.33. The van der Waals surface area contributed by atoms with E-state index in [9.17, 15) is 4.79 Å². The summed E-state index contributed by atoms with van der Waals surface area (Å²) in [6.07, 6.45) is 3.40. The number of imidazole rings is 1. The standard InChI is InChI=1S/C15H18N2O2/c1-4-19-15(18)14-9-17(10-16-14)12(3)13-8-6-5-7-11(13)2/h5-10,12H,4H2,1-3H3. The van der Waals surface area contributed by atoms with Gasteiger partial charge in [-0.1, -0.05) is 24.3 Å². The summed E-state index contributed by atoms with van der Waals surface area (Å²) in [4.78, 5) is 15.7. The van der Waals surface area contributed by atoms with Crippen molar-refractivity contribution in [2.45, 2.75) is 26.8 Å². The third kappa shape index (κ3) is 2.84. The second-order valence-corrected chi connectivity index (χ2v) is 4.46. The molecule has 1 aromatic heterocycles. The van der Waals surface area contributed by atoms with Crippen molar-refractivity contribution >= 4 is 5.97 Å². The van der Waals surface area contributed by atoms with Crippen molar-refractivity contribution in [3.05, 3.63) is 53.6 Å². The molecule has 0 bridgehead atoms. The minimum Gasteiger partial charge on any atom is -0.461 e. The van der Waals surface area contributed by atoms with E-state index < -0.39 is 0 Å². The molecular weight excluding hydrogens is 240 g/mol. The van der Waals surface area contributed by atoms with Crippen LogP contribution < -0.4 is 0 Å². The number of hydrogen-bond acceptors (Lipinski definition) is 3. The number of nitrogens with zero attached hydrogens (tertiary/aromatic N) is 2. The van der Waals surface area contributed by atoms with Crippen LogP contribution in [0.2, 0.25) is 0 Å². The topological polar surface area (TPSA) is 44.1 Å². The molecule has 0 fully saturated rings. The number of hydrogen-bond donors (Lipinski definition) is 0. The summed E-state index contributed by atoms with van der Waals surface area (Å²) in [7, 11) is 0. The number of aromatic nitrogens is 2. The van der Waals surface area contributed by atoms with Crippen LogP contribution in [0.25, 0.3) is 0 Å². The van der Waals surface area contributed by atoms with Gasteiger partial charge in [0.25, 0.3) is 0 Å². The predicted molar refractivity (Wildman–Crippen MR) is 73.2 cm³/mol. The van der Waals surface area contributed by atoms with Gasteiger partial charge in [-0.25, -0.2) is 9.78 Å². The highest BCUT2D eigenvalue weighted by molar-refractivity contribution is 5.86. The third-order valence-corrected chi connectivity index (χ3v) is 3.17. The Kier molecular flexibility index (Phi) is 4.00. The van der Waals surface area contributed by atoms with Crippen molar-refractivity contribution in [2.24, 2.45) is 0 Å². The maximum atomic E-state index is 11.6. The van der Waals surface area contributed by atoms with Crippen LogP contribution in [0.5, 0.6) is 0 Å². The van der Waals surface area contributed by atoms with Crippen LogP contribution in [-0.2, 0) is 4.74 Å². The van der Waals surface area contributed by atoms with Crippen LogP contribution in [0.3, 0.4) is 0 Å². The van der Waals surface area contributed by atoms with E-state index in [0.29, 0.717) is 12.3 Å². The SMILES string of the molecule is CCOC(=O)c1cn(C(C)c2ccccc2C)cn1. The van der Waals surface area contributed by atoms with E-state index in [4.69, 9.17) is 4.74 Å². The van der Waals surface area contributed by atoms with Gasteiger partial charge < -0.3 is 9.30 Å². The second kappa shape index (κ2) is 5.69. The van der Waals surface area contributed by atoms with Crippen molar-refractivity contribution < 1.29 is 9.53 Å². The summed E-state index contributed by atoms with van der Waals surface area (Å²) < 4.78 is 6.86. The molecule has 0 saturated heterocycles. The Morgan fingerprint density at radius 3 is 2.84 bits per heavy atom. The van der Waals surface area contributed by atoms with Crippen LogP contribution in [0.1, 0.15) is 41.5 Å². The smallest absolute Gasteiger partial charge is 0.358 e. The van der Waals surface area contributed by atoms with Crippen molar-refractivity contribution in [1.82, 2.24) is 9.55 Å². The van der Waals surface area contributed by atoms with Gasteiger partial charge in [-0.2, -0.15) is 0 Å². The molecule has 2 rings (SSSR count). The molecule has 1 aromatic carbocycles. The third-order valence-electron chi connectivity index (χ3n) is 3.17. The van der Waals surface area contributed by atoms with Gasteiger partial charge in [-0.05, 0) is 31.9 Å². The zero-order valence-electron chi connectivity index (χ0n) is 11.5. The fourth-order valence-corrected chi connectivity index (χ4v) is 2.08. The number of aryl methyl sites for hydroxylation is 1. The van der Waals surface area contributed by atoms with Gasteiger partial charge in [0.05, 0.1) is 19.0 Å². The molecule has 0 radical (unpaired) electrons. The largest absolute Gasteiger partial charge is 0.461 e. The fourth-order valence-electron chi connectivity index (χ4n) is 2.08. The average Bonchev–Trinajstić information content (AvgIpc) is 2.88. The number of carbonyl (C=O) groups is 1. The molecular formula is C15H18N2O2. The molecule has 0 aliphatic rings. The molecule has 0 N–H and O–H groups in total. The zero-order valence-corrected chi connectivity index (χ0v) is 11.5. The highest BCUT2D eigenvalue weighted by Gasteiger charge is 2.14. The van der Waals surface area contributed by atoms with Crippen molar-refractivity contribution in [1.29, 1.82) is 0 Å². The van der Waals surface area contributed by atoms with Gasteiger partial charge in [0.15, 0.2) is 5.69 Å². The molecule has 1 unspecified atom stereocenters. The molecule has 4 heteroatoms.